The van der Waals surface area contributed by atoms with Crippen molar-refractivity contribution < 1.29 is 23.9 Å². The first-order valence-corrected chi connectivity index (χ1v) is 8.54. The van der Waals surface area contributed by atoms with Crippen molar-refractivity contribution >= 4 is 45.7 Å². The summed E-state index contributed by atoms with van der Waals surface area (Å²) in [5.74, 6) is -3.68. The lowest BCUT2D eigenvalue weighted by molar-refractivity contribution is -0.134. The van der Waals surface area contributed by atoms with Gasteiger partial charge in [-0.1, -0.05) is 23.7 Å². The molecule has 28 heavy (non-hydrogen) atoms. The Hall–Kier alpha value is -3.45. The average Bonchev–Trinajstić information content (AvgIpc) is 2.63. The van der Waals surface area contributed by atoms with Crippen LogP contribution in [0.5, 0.6) is 5.75 Å². The lowest BCUT2D eigenvalue weighted by atomic mass is 10.0. The molecule has 3 aromatic rings. The van der Waals surface area contributed by atoms with Crippen LogP contribution in [0.25, 0.3) is 11.0 Å². The number of para-hydroxylation sites is 1. The molecule has 0 aliphatic rings. The molecule has 0 spiro atoms. The summed E-state index contributed by atoms with van der Waals surface area (Å²) in [7, 11) is 0. The Kier molecular flexibility index (Phi) is 5.28. The Morgan fingerprint density at radius 1 is 1.14 bits per heavy atom. The number of anilines is 1. The smallest absolute Gasteiger partial charge is 0.351 e. The van der Waals surface area contributed by atoms with Gasteiger partial charge in [0.15, 0.2) is 5.78 Å². The summed E-state index contributed by atoms with van der Waals surface area (Å²) in [5, 5.41) is 13.3. The van der Waals surface area contributed by atoms with E-state index in [9.17, 15) is 24.3 Å². The second kappa shape index (κ2) is 7.66. The van der Waals surface area contributed by atoms with E-state index < -0.39 is 40.8 Å². The van der Waals surface area contributed by atoms with Crippen LogP contribution in [0.1, 0.15) is 22.3 Å². The van der Waals surface area contributed by atoms with Gasteiger partial charge in [0.1, 0.15) is 16.9 Å². The Morgan fingerprint density at radius 2 is 1.86 bits per heavy atom. The van der Waals surface area contributed by atoms with Gasteiger partial charge in [0, 0.05) is 10.7 Å². The number of Topliss-reactive ketones (excluding diaryl/α,β-unsaturated/α-hetero) is 2. The van der Waals surface area contributed by atoms with Crippen LogP contribution in [0.2, 0.25) is 5.02 Å². The summed E-state index contributed by atoms with van der Waals surface area (Å²) in [6, 6.07) is 10.8. The maximum Gasteiger partial charge on any atom is 0.351 e. The van der Waals surface area contributed by atoms with Gasteiger partial charge in [0.05, 0.1) is 11.8 Å². The number of ketones is 2. The molecule has 3 rings (SSSR count). The first-order valence-electron chi connectivity index (χ1n) is 8.16. The minimum Gasteiger partial charge on any atom is -0.506 e. The number of aromatic hydroxyl groups is 1. The van der Waals surface area contributed by atoms with Gasteiger partial charge in [-0.25, -0.2) is 4.79 Å². The molecule has 8 heteroatoms. The van der Waals surface area contributed by atoms with Gasteiger partial charge in [-0.05, 0) is 42.8 Å². The van der Waals surface area contributed by atoms with Gasteiger partial charge in [-0.3, -0.25) is 14.4 Å². The van der Waals surface area contributed by atoms with Crippen LogP contribution in [0, 0.1) is 6.92 Å². The highest BCUT2D eigenvalue weighted by Gasteiger charge is 2.25. The third-order valence-electron chi connectivity index (χ3n) is 4.08. The molecule has 2 N–H and O–H groups in total. The molecule has 0 atom stereocenters. The number of carbonyl (C=O) groups is 3. The predicted octanol–water partition coefficient (Wildman–Crippen LogP) is 3.24. The van der Waals surface area contributed by atoms with E-state index >= 15 is 0 Å². The summed E-state index contributed by atoms with van der Waals surface area (Å²) in [6.45, 7) is 1.69. The van der Waals surface area contributed by atoms with Gasteiger partial charge in [-0.2, -0.15) is 0 Å². The number of hydrogen-bond acceptors (Lipinski definition) is 6. The van der Waals surface area contributed by atoms with Crippen LogP contribution in [-0.2, 0) is 9.59 Å². The van der Waals surface area contributed by atoms with Crippen LogP contribution in [-0.4, -0.2) is 22.6 Å². The Balaban J connectivity index is 1.81. The van der Waals surface area contributed by atoms with Gasteiger partial charge < -0.3 is 14.8 Å². The topological polar surface area (TPSA) is 114 Å². The summed E-state index contributed by atoms with van der Waals surface area (Å²) >= 11 is 5.84. The maximum atomic E-state index is 12.4. The number of hydrogen-bond donors (Lipinski definition) is 2. The van der Waals surface area contributed by atoms with E-state index in [0.717, 1.165) is 0 Å². The van der Waals surface area contributed by atoms with Crippen molar-refractivity contribution in [2.45, 2.75) is 13.3 Å². The fraction of sp³-hybridized carbons (Fsp3) is 0.100. The lowest BCUT2D eigenvalue weighted by Gasteiger charge is -2.08. The number of fused-ring (bicyclic) bond motifs is 1. The first kappa shape index (κ1) is 19.3. The van der Waals surface area contributed by atoms with E-state index in [-0.39, 0.29) is 11.0 Å². The summed E-state index contributed by atoms with van der Waals surface area (Å²) in [6.07, 6.45) is -0.894. The van der Waals surface area contributed by atoms with Crippen molar-refractivity contribution in [3.05, 3.63) is 69.0 Å². The monoisotopic (exact) mass is 399 g/mol. The van der Waals surface area contributed by atoms with Crippen molar-refractivity contribution in [3.8, 4) is 5.75 Å². The molecular formula is C20H14ClNO6. The standard InChI is InChI=1S/C20H14ClNO6/c1-10-8-11(21)6-7-13(10)22-19(26)15(24)9-14(23)17-18(25)12-4-2-3-5-16(12)28-20(17)27/h2-8,25H,9H2,1H3,(H,22,26). The molecular weight excluding hydrogens is 386 g/mol. The van der Waals surface area contributed by atoms with Crippen molar-refractivity contribution in [2.75, 3.05) is 5.32 Å². The predicted molar refractivity (Wildman–Crippen MR) is 103 cm³/mol. The van der Waals surface area contributed by atoms with Crippen LogP contribution < -0.4 is 10.9 Å². The minimum atomic E-state index is -1.08. The molecule has 142 valence electrons. The molecule has 0 saturated heterocycles. The highest BCUT2D eigenvalue weighted by atomic mass is 35.5. The molecule has 7 nitrogen and oxygen atoms in total. The zero-order valence-electron chi connectivity index (χ0n) is 14.6. The normalized spacial score (nSPS) is 10.6. The molecule has 0 aliphatic heterocycles. The molecule has 1 heterocycles. The lowest BCUT2D eigenvalue weighted by Crippen LogP contribution is -2.27. The molecule has 0 radical (unpaired) electrons. The molecule has 1 amide bonds. The quantitative estimate of drug-likeness (QED) is 0.294. The fourth-order valence-electron chi connectivity index (χ4n) is 2.65. The SMILES string of the molecule is Cc1cc(Cl)ccc1NC(=O)C(=O)CC(=O)c1c(O)c2ccccc2oc1=O. The Morgan fingerprint density at radius 3 is 2.57 bits per heavy atom. The van der Waals surface area contributed by atoms with Crippen molar-refractivity contribution in [1.29, 1.82) is 0 Å². The minimum absolute atomic E-state index is 0.101. The molecule has 0 bridgehead atoms. The molecule has 0 unspecified atom stereocenters. The molecule has 0 saturated carbocycles. The maximum absolute atomic E-state index is 12.4. The van der Waals surface area contributed by atoms with Crippen LogP contribution in [0.4, 0.5) is 5.69 Å². The van der Waals surface area contributed by atoms with Crippen molar-refractivity contribution in [1.82, 2.24) is 0 Å². The second-order valence-corrected chi connectivity index (χ2v) is 6.48. The summed E-state index contributed by atoms with van der Waals surface area (Å²) in [5.41, 5.74) is -0.648. The molecule has 2 aromatic carbocycles. The van der Waals surface area contributed by atoms with Crippen LogP contribution in [0.3, 0.4) is 0 Å². The third-order valence-corrected chi connectivity index (χ3v) is 4.31. The molecule has 1 aromatic heterocycles. The summed E-state index contributed by atoms with van der Waals surface area (Å²) < 4.78 is 5.00. The number of amides is 1. The number of aryl methyl sites for hydroxylation is 1. The zero-order chi connectivity index (χ0) is 20.4. The number of carbonyl (C=O) groups excluding carboxylic acids is 3. The highest BCUT2D eigenvalue weighted by molar-refractivity contribution is 6.44. The third kappa shape index (κ3) is 3.79. The largest absolute Gasteiger partial charge is 0.506 e. The van der Waals surface area contributed by atoms with Gasteiger partial charge in [0.25, 0.3) is 5.91 Å². The number of nitrogens with one attached hydrogen (secondary N) is 1. The molecule has 0 fully saturated rings. The zero-order valence-corrected chi connectivity index (χ0v) is 15.4. The summed E-state index contributed by atoms with van der Waals surface area (Å²) in [4.78, 5) is 48.6. The van der Waals surface area contributed by atoms with E-state index in [1.165, 1.54) is 24.3 Å². The Bertz CT molecular complexity index is 1180. The van der Waals surface area contributed by atoms with E-state index in [2.05, 4.69) is 5.32 Å². The first-order chi connectivity index (χ1) is 13.3. The van der Waals surface area contributed by atoms with Gasteiger partial charge >= 0.3 is 5.63 Å². The van der Waals surface area contributed by atoms with Crippen LogP contribution >= 0.6 is 11.6 Å². The van der Waals surface area contributed by atoms with Gasteiger partial charge in [0.2, 0.25) is 5.78 Å². The van der Waals surface area contributed by atoms with Gasteiger partial charge in [-0.15, -0.1) is 0 Å². The fourth-order valence-corrected chi connectivity index (χ4v) is 2.88. The Labute approximate surface area is 163 Å². The van der Waals surface area contributed by atoms with Crippen molar-refractivity contribution in [3.63, 3.8) is 0 Å². The number of benzene rings is 2. The van der Waals surface area contributed by atoms with E-state index in [0.29, 0.717) is 16.3 Å². The van der Waals surface area contributed by atoms with E-state index in [4.69, 9.17) is 16.0 Å². The van der Waals surface area contributed by atoms with Crippen LogP contribution in [0.15, 0.2) is 51.7 Å². The second-order valence-electron chi connectivity index (χ2n) is 6.05. The van der Waals surface area contributed by atoms with E-state index in [1.807, 2.05) is 0 Å². The highest BCUT2D eigenvalue weighted by Crippen LogP contribution is 2.27. The van der Waals surface area contributed by atoms with Crippen molar-refractivity contribution in [2.24, 2.45) is 0 Å². The molecule has 0 aliphatic carbocycles. The average molecular weight is 400 g/mol. The number of halogens is 1. The number of rotatable bonds is 5. The van der Waals surface area contributed by atoms with E-state index in [1.54, 1.807) is 25.1 Å².